The number of nitrogens with zero attached hydrogens (tertiary/aromatic N) is 2. The molecular formula is C21H25N3O. The summed E-state index contributed by atoms with van der Waals surface area (Å²) >= 11 is 0. The lowest BCUT2D eigenvalue weighted by Gasteiger charge is -2.11. The zero-order valence-corrected chi connectivity index (χ0v) is 14.6. The highest BCUT2D eigenvalue weighted by atomic mass is 16.3. The second-order valence-electron chi connectivity index (χ2n) is 6.40. The van der Waals surface area contributed by atoms with E-state index in [1.807, 2.05) is 41.1 Å². The summed E-state index contributed by atoms with van der Waals surface area (Å²) in [6.07, 6.45) is 2.92. The highest BCUT2D eigenvalue weighted by Crippen LogP contribution is 2.23. The SMILES string of the molecule is CC(CCO)CNCc1cn(-c2ccccc2)nc1-c1ccccc1. The van der Waals surface area contributed by atoms with Crippen LogP contribution in [0.5, 0.6) is 0 Å². The van der Waals surface area contributed by atoms with E-state index in [0.717, 1.165) is 36.5 Å². The Kier molecular flexibility index (Phi) is 5.99. The van der Waals surface area contributed by atoms with E-state index in [1.165, 1.54) is 5.56 Å². The first-order valence-electron chi connectivity index (χ1n) is 8.79. The molecule has 4 heteroatoms. The molecule has 25 heavy (non-hydrogen) atoms. The van der Waals surface area contributed by atoms with Crippen LogP contribution < -0.4 is 5.32 Å². The number of hydrogen-bond acceptors (Lipinski definition) is 3. The molecule has 130 valence electrons. The first-order chi connectivity index (χ1) is 12.3. The predicted molar refractivity (Wildman–Crippen MR) is 102 cm³/mol. The number of aliphatic hydroxyl groups excluding tert-OH is 1. The molecule has 3 aromatic rings. The Balaban J connectivity index is 1.83. The molecule has 2 N–H and O–H groups in total. The van der Waals surface area contributed by atoms with Gasteiger partial charge in [0.25, 0.3) is 0 Å². The molecule has 0 aliphatic carbocycles. The Hall–Kier alpha value is -2.43. The van der Waals surface area contributed by atoms with Gasteiger partial charge in [-0.2, -0.15) is 5.10 Å². The number of aromatic nitrogens is 2. The molecule has 0 fully saturated rings. The van der Waals surface area contributed by atoms with E-state index < -0.39 is 0 Å². The normalized spacial score (nSPS) is 12.2. The lowest BCUT2D eigenvalue weighted by molar-refractivity contribution is 0.260. The van der Waals surface area contributed by atoms with Crippen LogP contribution in [-0.2, 0) is 6.54 Å². The quantitative estimate of drug-likeness (QED) is 0.661. The van der Waals surface area contributed by atoms with Crippen LogP contribution in [0.15, 0.2) is 66.9 Å². The third kappa shape index (κ3) is 4.56. The molecule has 0 amide bonds. The van der Waals surface area contributed by atoms with Crippen LogP contribution in [-0.4, -0.2) is 28.0 Å². The molecule has 1 heterocycles. The Labute approximate surface area is 149 Å². The molecule has 0 radical (unpaired) electrons. The van der Waals surface area contributed by atoms with Crippen molar-refractivity contribution < 1.29 is 5.11 Å². The van der Waals surface area contributed by atoms with Crippen LogP contribution in [0.2, 0.25) is 0 Å². The number of nitrogens with one attached hydrogen (secondary N) is 1. The van der Waals surface area contributed by atoms with Crippen LogP contribution in [0.4, 0.5) is 0 Å². The minimum absolute atomic E-state index is 0.240. The van der Waals surface area contributed by atoms with E-state index in [0.29, 0.717) is 5.92 Å². The van der Waals surface area contributed by atoms with Crippen molar-refractivity contribution in [3.8, 4) is 16.9 Å². The Bertz CT molecular complexity index is 768. The first kappa shape index (κ1) is 17.4. The van der Waals surface area contributed by atoms with Crippen molar-refractivity contribution in [2.75, 3.05) is 13.2 Å². The standard InChI is InChI=1S/C21H25N3O/c1-17(12-13-25)14-22-15-19-16-24(20-10-6-3-7-11-20)23-21(19)18-8-4-2-5-9-18/h2-11,16-17,22,25H,12-15H2,1H3. The molecule has 4 nitrogen and oxygen atoms in total. The Morgan fingerprint density at radius 3 is 2.40 bits per heavy atom. The molecule has 0 saturated carbocycles. The lowest BCUT2D eigenvalue weighted by Crippen LogP contribution is -2.21. The van der Waals surface area contributed by atoms with E-state index >= 15 is 0 Å². The molecule has 1 aromatic heterocycles. The molecule has 3 rings (SSSR count). The van der Waals surface area contributed by atoms with Gasteiger partial charge in [0.15, 0.2) is 0 Å². The van der Waals surface area contributed by atoms with E-state index in [4.69, 9.17) is 10.2 Å². The molecule has 0 aliphatic rings. The fraction of sp³-hybridized carbons (Fsp3) is 0.286. The largest absolute Gasteiger partial charge is 0.396 e. The van der Waals surface area contributed by atoms with Gasteiger partial charge in [0.2, 0.25) is 0 Å². The molecular weight excluding hydrogens is 310 g/mol. The maximum atomic E-state index is 9.03. The van der Waals surface area contributed by atoms with Gasteiger partial charge in [0, 0.05) is 30.5 Å². The predicted octanol–water partition coefficient (Wildman–Crippen LogP) is 3.65. The van der Waals surface area contributed by atoms with Crippen LogP contribution in [0, 0.1) is 5.92 Å². The second kappa shape index (κ2) is 8.60. The summed E-state index contributed by atoms with van der Waals surface area (Å²) in [5.41, 5.74) is 4.36. The van der Waals surface area contributed by atoms with Crippen molar-refractivity contribution in [3.63, 3.8) is 0 Å². The van der Waals surface area contributed by atoms with Crippen molar-refractivity contribution >= 4 is 0 Å². The summed E-state index contributed by atoms with van der Waals surface area (Å²) in [7, 11) is 0. The lowest BCUT2D eigenvalue weighted by atomic mass is 10.1. The number of rotatable bonds is 8. The van der Waals surface area contributed by atoms with Gasteiger partial charge >= 0.3 is 0 Å². The molecule has 1 atom stereocenters. The summed E-state index contributed by atoms with van der Waals surface area (Å²) in [5.74, 6) is 0.453. The molecule has 0 saturated heterocycles. The number of aliphatic hydroxyl groups is 1. The van der Waals surface area contributed by atoms with E-state index in [1.54, 1.807) is 0 Å². The van der Waals surface area contributed by atoms with Crippen molar-refractivity contribution in [1.29, 1.82) is 0 Å². The van der Waals surface area contributed by atoms with Crippen LogP contribution in [0.3, 0.4) is 0 Å². The molecule has 0 aliphatic heterocycles. The summed E-state index contributed by atoms with van der Waals surface area (Å²) in [6.45, 7) is 4.02. The number of hydrogen-bond donors (Lipinski definition) is 2. The fourth-order valence-electron chi connectivity index (χ4n) is 2.87. The topological polar surface area (TPSA) is 50.1 Å². The minimum atomic E-state index is 0.240. The van der Waals surface area contributed by atoms with Gasteiger partial charge in [-0.25, -0.2) is 4.68 Å². The highest BCUT2D eigenvalue weighted by molar-refractivity contribution is 5.63. The van der Waals surface area contributed by atoms with Crippen LogP contribution >= 0.6 is 0 Å². The van der Waals surface area contributed by atoms with Gasteiger partial charge in [-0.3, -0.25) is 0 Å². The smallest absolute Gasteiger partial charge is 0.0972 e. The first-order valence-corrected chi connectivity index (χ1v) is 8.79. The van der Waals surface area contributed by atoms with Crippen molar-refractivity contribution in [1.82, 2.24) is 15.1 Å². The number of benzene rings is 2. The van der Waals surface area contributed by atoms with Gasteiger partial charge < -0.3 is 10.4 Å². The average molecular weight is 335 g/mol. The van der Waals surface area contributed by atoms with Crippen molar-refractivity contribution in [3.05, 3.63) is 72.4 Å². The maximum Gasteiger partial charge on any atom is 0.0972 e. The zero-order valence-electron chi connectivity index (χ0n) is 14.6. The highest BCUT2D eigenvalue weighted by Gasteiger charge is 2.12. The fourth-order valence-corrected chi connectivity index (χ4v) is 2.87. The van der Waals surface area contributed by atoms with Gasteiger partial charge in [-0.05, 0) is 31.0 Å². The minimum Gasteiger partial charge on any atom is -0.396 e. The molecule has 0 bridgehead atoms. The third-order valence-corrected chi connectivity index (χ3v) is 4.29. The number of para-hydroxylation sites is 1. The van der Waals surface area contributed by atoms with Gasteiger partial charge in [-0.15, -0.1) is 0 Å². The van der Waals surface area contributed by atoms with E-state index in [-0.39, 0.29) is 6.61 Å². The zero-order chi connectivity index (χ0) is 17.5. The van der Waals surface area contributed by atoms with Gasteiger partial charge in [0.1, 0.15) is 0 Å². The summed E-state index contributed by atoms with van der Waals surface area (Å²) in [6, 6.07) is 20.5. The van der Waals surface area contributed by atoms with Crippen molar-refractivity contribution in [2.45, 2.75) is 19.9 Å². The summed E-state index contributed by atoms with van der Waals surface area (Å²) in [5, 5.41) is 17.4. The maximum absolute atomic E-state index is 9.03. The van der Waals surface area contributed by atoms with Gasteiger partial charge in [-0.1, -0.05) is 55.5 Å². The molecule has 0 spiro atoms. The van der Waals surface area contributed by atoms with Crippen LogP contribution in [0.1, 0.15) is 18.9 Å². The molecule has 1 unspecified atom stereocenters. The van der Waals surface area contributed by atoms with Crippen molar-refractivity contribution in [2.24, 2.45) is 5.92 Å². The Morgan fingerprint density at radius 1 is 1.04 bits per heavy atom. The molecule has 2 aromatic carbocycles. The summed E-state index contributed by atoms with van der Waals surface area (Å²) < 4.78 is 1.94. The summed E-state index contributed by atoms with van der Waals surface area (Å²) in [4.78, 5) is 0. The second-order valence-corrected chi connectivity index (χ2v) is 6.40. The Morgan fingerprint density at radius 2 is 1.72 bits per heavy atom. The van der Waals surface area contributed by atoms with Crippen LogP contribution in [0.25, 0.3) is 16.9 Å². The average Bonchev–Trinajstić information content (AvgIpc) is 3.08. The third-order valence-electron chi connectivity index (χ3n) is 4.29. The van der Waals surface area contributed by atoms with E-state index in [9.17, 15) is 0 Å². The van der Waals surface area contributed by atoms with E-state index in [2.05, 4.69) is 42.7 Å². The van der Waals surface area contributed by atoms with Gasteiger partial charge in [0.05, 0.1) is 11.4 Å². The monoisotopic (exact) mass is 335 g/mol.